The van der Waals surface area contributed by atoms with Crippen molar-refractivity contribution in [3.8, 4) is 0 Å². The highest BCUT2D eigenvalue weighted by Gasteiger charge is 2.19. The lowest BCUT2D eigenvalue weighted by Gasteiger charge is -2.14. The van der Waals surface area contributed by atoms with Crippen LogP contribution < -0.4 is 0 Å². The molecule has 0 saturated carbocycles. The normalized spacial score (nSPS) is 19.6. The van der Waals surface area contributed by atoms with Gasteiger partial charge in [-0.3, -0.25) is 9.20 Å². The summed E-state index contributed by atoms with van der Waals surface area (Å²) in [5, 5.41) is 0. The van der Waals surface area contributed by atoms with E-state index >= 15 is 0 Å². The van der Waals surface area contributed by atoms with Gasteiger partial charge in [-0.25, -0.2) is 22.0 Å². The Hall–Kier alpha value is -1.57. The van der Waals surface area contributed by atoms with Crippen molar-refractivity contribution in [3.63, 3.8) is 0 Å². The molecule has 0 saturated heterocycles. The molecule has 1 aromatic rings. The van der Waals surface area contributed by atoms with Crippen LogP contribution in [0.15, 0.2) is 34.2 Å². The third kappa shape index (κ3) is 6.52. The van der Waals surface area contributed by atoms with Crippen molar-refractivity contribution in [2.24, 2.45) is 10.9 Å². The molecule has 0 aromatic heterocycles. The quantitative estimate of drug-likeness (QED) is 0.476. The summed E-state index contributed by atoms with van der Waals surface area (Å²) in [6.45, 7) is 1.61. The Balaban J connectivity index is 2.25. The molecule has 150 valence electrons. The Morgan fingerprint density at radius 2 is 2.00 bits per heavy atom. The van der Waals surface area contributed by atoms with Crippen molar-refractivity contribution in [1.29, 1.82) is 0 Å². The van der Waals surface area contributed by atoms with Crippen LogP contribution in [0.5, 0.6) is 0 Å². The summed E-state index contributed by atoms with van der Waals surface area (Å²) in [6, 6.07) is 2.53. The summed E-state index contributed by atoms with van der Waals surface area (Å²) in [4.78, 5) is 4.17. The van der Waals surface area contributed by atoms with Crippen molar-refractivity contribution in [2.45, 2.75) is 50.4 Å². The number of halogens is 5. The molecule has 2 nitrogen and oxygen atoms in total. The molecular formula is C19H22F5NOS. The van der Waals surface area contributed by atoms with E-state index in [-0.39, 0.29) is 41.5 Å². The van der Waals surface area contributed by atoms with Gasteiger partial charge in [-0.2, -0.15) is 0 Å². The van der Waals surface area contributed by atoms with Crippen molar-refractivity contribution in [2.75, 3.05) is 12.3 Å². The average Bonchev–Trinajstić information content (AvgIpc) is 2.68. The zero-order valence-electron chi connectivity index (χ0n) is 14.9. The highest BCUT2D eigenvalue weighted by atomic mass is 32.2. The Labute approximate surface area is 158 Å². The number of hydrogen-bond donors (Lipinski definition) is 0. The monoisotopic (exact) mass is 407 g/mol. The molecule has 0 N–H and O–H groups in total. The molecule has 2 rings (SSSR count). The average molecular weight is 407 g/mol. The second-order valence-corrected chi connectivity index (χ2v) is 7.99. The molecule has 0 aliphatic carbocycles. The van der Waals surface area contributed by atoms with Crippen LogP contribution in [0.2, 0.25) is 0 Å². The van der Waals surface area contributed by atoms with E-state index in [1.807, 2.05) is 12.2 Å². The first kappa shape index (κ1) is 21.7. The predicted octanol–water partition coefficient (Wildman–Crippen LogP) is 5.11. The topological polar surface area (TPSA) is 29.4 Å². The fraction of sp³-hybridized carbons (Fsp3) is 0.526. The van der Waals surface area contributed by atoms with E-state index in [9.17, 15) is 26.2 Å². The third-order valence-corrected chi connectivity index (χ3v) is 5.83. The number of benzene rings is 1. The van der Waals surface area contributed by atoms with Gasteiger partial charge in [0, 0.05) is 17.4 Å². The van der Waals surface area contributed by atoms with Crippen molar-refractivity contribution >= 4 is 16.5 Å². The molecule has 1 aliphatic heterocycles. The van der Waals surface area contributed by atoms with Gasteiger partial charge in [0.1, 0.15) is 5.82 Å². The predicted molar refractivity (Wildman–Crippen MR) is 96.9 cm³/mol. The van der Waals surface area contributed by atoms with Crippen LogP contribution in [-0.2, 0) is 17.2 Å². The second kappa shape index (κ2) is 10.1. The Morgan fingerprint density at radius 1 is 1.26 bits per heavy atom. The highest BCUT2D eigenvalue weighted by molar-refractivity contribution is 7.85. The van der Waals surface area contributed by atoms with Crippen LogP contribution in [0, 0.1) is 18.7 Å². The maximum Gasteiger partial charge on any atom is 0.276 e. The minimum Gasteiger partial charge on any atom is -0.288 e. The van der Waals surface area contributed by atoms with E-state index in [1.165, 1.54) is 19.1 Å². The third-order valence-electron chi connectivity index (χ3n) is 4.34. The molecule has 1 heterocycles. The first-order chi connectivity index (χ1) is 12.8. The van der Waals surface area contributed by atoms with Crippen LogP contribution in [-0.4, -0.2) is 35.1 Å². The summed E-state index contributed by atoms with van der Waals surface area (Å²) >= 11 is 0. The van der Waals surface area contributed by atoms with Crippen molar-refractivity contribution in [3.05, 3.63) is 41.2 Å². The lowest BCUT2D eigenvalue weighted by Crippen LogP contribution is -2.14. The van der Waals surface area contributed by atoms with Crippen LogP contribution in [0.3, 0.4) is 0 Å². The van der Waals surface area contributed by atoms with Crippen molar-refractivity contribution < 1.29 is 26.2 Å². The minimum atomic E-state index is -2.72. The molecule has 2 unspecified atom stereocenters. The van der Waals surface area contributed by atoms with Crippen LogP contribution in [0.25, 0.3) is 0 Å². The molecule has 8 heteroatoms. The Bertz CT molecular complexity index is 733. The smallest absolute Gasteiger partial charge is 0.276 e. The molecule has 0 radical (unpaired) electrons. The number of aryl methyl sites for hydroxylation is 1. The molecule has 1 aliphatic rings. The Kier molecular flexibility index (Phi) is 8.13. The summed E-state index contributed by atoms with van der Waals surface area (Å²) in [5.41, 5.74) is 0.422. The number of aliphatic imine (C=N–C) groups is 1. The largest absolute Gasteiger partial charge is 0.288 e. The fourth-order valence-corrected chi connectivity index (χ4v) is 4.06. The summed E-state index contributed by atoms with van der Waals surface area (Å²) in [5.74, 6) is -1.64. The zero-order chi connectivity index (χ0) is 20.0. The first-order valence-corrected chi connectivity index (χ1v) is 10.0. The van der Waals surface area contributed by atoms with Gasteiger partial charge in [0.25, 0.3) is 6.43 Å². The van der Waals surface area contributed by atoms with Crippen LogP contribution in [0.1, 0.15) is 30.4 Å². The molecule has 0 amide bonds. The lowest BCUT2D eigenvalue weighted by atomic mass is 9.97. The van der Waals surface area contributed by atoms with E-state index < -0.39 is 35.2 Å². The van der Waals surface area contributed by atoms with Gasteiger partial charge in [-0.15, -0.1) is 0 Å². The van der Waals surface area contributed by atoms with E-state index in [0.29, 0.717) is 18.4 Å². The van der Waals surface area contributed by atoms with Crippen molar-refractivity contribution in [1.82, 2.24) is 0 Å². The molecule has 0 fully saturated rings. The molecule has 0 spiro atoms. The van der Waals surface area contributed by atoms with Gasteiger partial charge in [-0.1, -0.05) is 12.2 Å². The lowest BCUT2D eigenvalue weighted by molar-refractivity contribution is 0.175. The van der Waals surface area contributed by atoms with Gasteiger partial charge in [0.2, 0.25) is 6.43 Å². The summed E-state index contributed by atoms with van der Waals surface area (Å²) in [6.07, 6.45) is -0.0406. The van der Waals surface area contributed by atoms with Gasteiger partial charge in [0.05, 0.1) is 22.3 Å². The van der Waals surface area contributed by atoms with E-state index in [0.717, 1.165) is 0 Å². The van der Waals surface area contributed by atoms with Crippen LogP contribution in [0.4, 0.5) is 22.0 Å². The van der Waals surface area contributed by atoms with Gasteiger partial charge in [-0.05, 0) is 55.9 Å². The summed E-state index contributed by atoms with van der Waals surface area (Å²) < 4.78 is 77.4. The molecule has 27 heavy (non-hydrogen) atoms. The van der Waals surface area contributed by atoms with Gasteiger partial charge < -0.3 is 0 Å². The summed E-state index contributed by atoms with van der Waals surface area (Å²) in [7, 11) is -1.93. The zero-order valence-corrected chi connectivity index (χ0v) is 15.8. The molecule has 1 aromatic carbocycles. The first-order valence-electron chi connectivity index (χ1n) is 8.71. The Morgan fingerprint density at radius 3 is 2.67 bits per heavy atom. The molecule has 2 atom stereocenters. The van der Waals surface area contributed by atoms with E-state index in [1.54, 1.807) is 0 Å². The maximum atomic E-state index is 14.4. The highest BCUT2D eigenvalue weighted by Crippen LogP contribution is 2.24. The van der Waals surface area contributed by atoms with E-state index in [4.69, 9.17) is 0 Å². The standard InChI is InChI=1S/C19H22F5NOS/c1-12-7-15(20)14(9-17(12)27(26)11-18(21)22)8-13-5-3-2-4-6-16(19(23)24)25-10-13/h3,5,7,9,13,18-19H,2,4,6,8,10-11H2,1H3. The number of hydrogen-bond acceptors (Lipinski definition) is 2. The number of allylic oxidation sites excluding steroid dienone is 1. The van der Waals surface area contributed by atoms with Gasteiger partial charge in [0.15, 0.2) is 0 Å². The molecule has 0 bridgehead atoms. The SMILES string of the molecule is Cc1cc(F)c(CC2C=CCCCC(C(F)F)=NC2)cc1S(=O)CC(F)F. The molecular weight excluding hydrogens is 385 g/mol. The maximum absolute atomic E-state index is 14.4. The van der Waals surface area contributed by atoms with E-state index in [2.05, 4.69) is 4.99 Å². The van der Waals surface area contributed by atoms with Gasteiger partial charge >= 0.3 is 0 Å². The minimum absolute atomic E-state index is 0.0962. The number of alkyl halides is 4. The number of rotatable bonds is 6. The number of nitrogens with zero attached hydrogens (tertiary/aromatic N) is 1. The fourth-order valence-electron chi connectivity index (χ4n) is 2.96. The van der Waals surface area contributed by atoms with Crippen LogP contribution >= 0.6 is 0 Å². The second-order valence-electron chi connectivity index (χ2n) is 6.53.